The summed E-state index contributed by atoms with van der Waals surface area (Å²) >= 11 is 0. The lowest BCUT2D eigenvalue weighted by molar-refractivity contribution is 0.0337. The number of nitrogens with two attached hydrogens (primary N) is 1. The molecule has 0 heterocycles. The molecule has 0 aliphatic heterocycles. The minimum atomic E-state index is -3.48. The number of primary sulfonamides is 1. The molecule has 0 aliphatic rings. The van der Waals surface area contributed by atoms with Crippen LogP contribution in [0.1, 0.15) is 27.2 Å². The van der Waals surface area contributed by atoms with Gasteiger partial charge in [-0.05, 0) is 11.8 Å². The second kappa shape index (κ2) is 9.68. The first kappa shape index (κ1) is 19.8. The van der Waals surface area contributed by atoms with Gasteiger partial charge in [-0.3, -0.25) is 0 Å². The average molecular weight is 311 g/mol. The fourth-order valence-electron chi connectivity index (χ4n) is 1.56. The van der Waals surface area contributed by atoms with E-state index in [0.717, 1.165) is 6.42 Å². The van der Waals surface area contributed by atoms with E-state index in [-0.39, 0.29) is 17.1 Å². The number of ether oxygens (including phenoxy) is 3. The first-order valence-electron chi connectivity index (χ1n) is 6.81. The summed E-state index contributed by atoms with van der Waals surface area (Å²) in [5.41, 5.74) is -0.165. The Morgan fingerprint density at radius 3 is 2.15 bits per heavy atom. The van der Waals surface area contributed by atoms with Crippen LogP contribution in [0, 0.1) is 11.3 Å². The number of hydrogen-bond acceptors (Lipinski definition) is 5. The van der Waals surface area contributed by atoms with Crippen molar-refractivity contribution in [3.05, 3.63) is 0 Å². The minimum absolute atomic E-state index is 0.0547. The second-order valence-electron chi connectivity index (χ2n) is 5.93. The lowest BCUT2D eigenvalue weighted by Gasteiger charge is -2.29. The van der Waals surface area contributed by atoms with Gasteiger partial charge in [-0.2, -0.15) is 0 Å². The Labute approximate surface area is 123 Å². The molecule has 0 bridgehead atoms. The number of sulfonamides is 1. The molecule has 0 aromatic carbocycles. The van der Waals surface area contributed by atoms with Crippen LogP contribution in [0.5, 0.6) is 0 Å². The van der Waals surface area contributed by atoms with Gasteiger partial charge in [-0.25, -0.2) is 13.6 Å². The van der Waals surface area contributed by atoms with Gasteiger partial charge in [-0.15, -0.1) is 0 Å². The van der Waals surface area contributed by atoms with E-state index in [9.17, 15) is 8.42 Å². The van der Waals surface area contributed by atoms with Crippen molar-refractivity contribution in [3.8, 4) is 0 Å². The van der Waals surface area contributed by atoms with E-state index in [1.165, 1.54) is 0 Å². The third-order valence-corrected chi connectivity index (χ3v) is 3.85. The van der Waals surface area contributed by atoms with E-state index in [4.69, 9.17) is 19.3 Å². The monoisotopic (exact) mass is 311 g/mol. The Kier molecular flexibility index (Phi) is 9.58. The summed E-state index contributed by atoms with van der Waals surface area (Å²) in [7, 11) is -1.85. The molecule has 0 saturated heterocycles. The van der Waals surface area contributed by atoms with Gasteiger partial charge >= 0.3 is 0 Å². The molecule has 0 aromatic heterocycles. The van der Waals surface area contributed by atoms with Crippen molar-refractivity contribution in [2.24, 2.45) is 16.5 Å². The molecule has 0 radical (unpaired) electrons. The molecule has 0 rings (SSSR count). The van der Waals surface area contributed by atoms with Crippen molar-refractivity contribution in [1.82, 2.24) is 0 Å². The topological polar surface area (TPSA) is 87.8 Å². The highest BCUT2D eigenvalue weighted by Gasteiger charge is 2.28. The summed E-state index contributed by atoms with van der Waals surface area (Å²) < 4.78 is 38.1. The van der Waals surface area contributed by atoms with Crippen molar-refractivity contribution in [2.75, 3.05) is 45.9 Å². The molecule has 20 heavy (non-hydrogen) atoms. The maximum Gasteiger partial charge on any atom is 0.209 e. The highest BCUT2D eigenvalue weighted by Crippen LogP contribution is 2.27. The molecule has 0 aliphatic carbocycles. The van der Waals surface area contributed by atoms with Crippen LogP contribution in [0.15, 0.2) is 0 Å². The van der Waals surface area contributed by atoms with E-state index in [1.54, 1.807) is 7.11 Å². The molecule has 7 heteroatoms. The van der Waals surface area contributed by atoms with Gasteiger partial charge in [0.15, 0.2) is 0 Å². The molecule has 0 saturated carbocycles. The summed E-state index contributed by atoms with van der Waals surface area (Å²) in [6.45, 7) is 8.66. The number of rotatable bonds is 11. The van der Waals surface area contributed by atoms with Crippen LogP contribution in [0.4, 0.5) is 0 Å². The summed E-state index contributed by atoms with van der Waals surface area (Å²) in [5, 5.41) is 5.12. The van der Waals surface area contributed by atoms with Gasteiger partial charge in [0, 0.05) is 26.2 Å². The Morgan fingerprint density at radius 2 is 1.65 bits per heavy atom. The number of methoxy groups -OCH3 is 1. The van der Waals surface area contributed by atoms with Crippen LogP contribution < -0.4 is 5.14 Å². The average Bonchev–Trinajstić information content (AvgIpc) is 2.28. The van der Waals surface area contributed by atoms with Crippen molar-refractivity contribution in [1.29, 1.82) is 0 Å². The van der Waals surface area contributed by atoms with E-state index >= 15 is 0 Å². The van der Waals surface area contributed by atoms with Crippen molar-refractivity contribution >= 4 is 10.0 Å². The molecule has 1 unspecified atom stereocenters. The van der Waals surface area contributed by atoms with Crippen molar-refractivity contribution < 1.29 is 22.6 Å². The van der Waals surface area contributed by atoms with Gasteiger partial charge in [0.05, 0.1) is 25.6 Å². The molecule has 1 atom stereocenters. The Hall–Kier alpha value is -0.210. The van der Waals surface area contributed by atoms with Gasteiger partial charge in [-0.1, -0.05) is 20.8 Å². The first-order chi connectivity index (χ1) is 9.17. The van der Waals surface area contributed by atoms with Crippen LogP contribution in [0.3, 0.4) is 0 Å². The molecular formula is C13H29NO5S. The largest absolute Gasteiger partial charge is 0.382 e. The SMILES string of the molecule is COCCOCCCOCC(CS(N)(=O)=O)C(C)(C)C. The molecule has 122 valence electrons. The highest BCUT2D eigenvalue weighted by molar-refractivity contribution is 7.89. The summed E-state index contributed by atoms with van der Waals surface area (Å²) in [6.07, 6.45) is 0.774. The lowest BCUT2D eigenvalue weighted by atomic mass is 9.82. The third kappa shape index (κ3) is 11.6. The predicted octanol–water partition coefficient (Wildman–Crippen LogP) is 1.01. The van der Waals surface area contributed by atoms with Crippen LogP contribution in [-0.2, 0) is 24.2 Å². The van der Waals surface area contributed by atoms with Crippen molar-refractivity contribution in [3.63, 3.8) is 0 Å². The molecule has 0 aromatic rings. The quantitative estimate of drug-likeness (QED) is 0.575. The van der Waals surface area contributed by atoms with Crippen LogP contribution in [0.25, 0.3) is 0 Å². The van der Waals surface area contributed by atoms with E-state index in [0.29, 0.717) is 33.0 Å². The lowest BCUT2D eigenvalue weighted by Crippen LogP contribution is -2.34. The molecule has 0 amide bonds. The maximum absolute atomic E-state index is 11.2. The zero-order valence-electron chi connectivity index (χ0n) is 13.1. The van der Waals surface area contributed by atoms with Crippen LogP contribution >= 0.6 is 0 Å². The van der Waals surface area contributed by atoms with Gasteiger partial charge in [0.25, 0.3) is 0 Å². The highest BCUT2D eigenvalue weighted by atomic mass is 32.2. The Morgan fingerprint density at radius 1 is 1.05 bits per heavy atom. The molecule has 6 nitrogen and oxygen atoms in total. The fraction of sp³-hybridized carbons (Fsp3) is 1.00. The van der Waals surface area contributed by atoms with Gasteiger partial charge in [0.1, 0.15) is 0 Å². The molecule has 2 N–H and O–H groups in total. The smallest absolute Gasteiger partial charge is 0.209 e. The normalized spacial score (nSPS) is 14.4. The number of hydrogen-bond donors (Lipinski definition) is 1. The predicted molar refractivity (Wildman–Crippen MR) is 79.1 cm³/mol. The maximum atomic E-state index is 11.2. The second-order valence-corrected chi connectivity index (χ2v) is 7.59. The molecule has 0 spiro atoms. The third-order valence-electron chi connectivity index (χ3n) is 2.99. The summed E-state index contributed by atoms with van der Waals surface area (Å²) in [4.78, 5) is 0. The Bertz CT molecular complexity index is 337. The first-order valence-corrected chi connectivity index (χ1v) is 8.53. The van der Waals surface area contributed by atoms with E-state index < -0.39 is 10.0 Å². The molecule has 0 fully saturated rings. The fourth-order valence-corrected chi connectivity index (χ4v) is 2.72. The van der Waals surface area contributed by atoms with E-state index in [1.807, 2.05) is 20.8 Å². The Balaban J connectivity index is 3.87. The van der Waals surface area contributed by atoms with E-state index in [2.05, 4.69) is 0 Å². The van der Waals surface area contributed by atoms with Crippen LogP contribution in [-0.4, -0.2) is 54.3 Å². The van der Waals surface area contributed by atoms with Gasteiger partial charge in [0.2, 0.25) is 10.0 Å². The van der Waals surface area contributed by atoms with Crippen molar-refractivity contribution in [2.45, 2.75) is 27.2 Å². The zero-order valence-corrected chi connectivity index (χ0v) is 13.9. The summed E-state index contributed by atoms with van der Waals surface area (Å²) in [5.74, 6) is -0.173. The standard InChI is InChI=1S/C13H29NO5S/c1-13(2,3)12(11-20(14,15)16)10-19-7-5-6-18-9-8-17-4/h12H,5-11H2,1-4H3,(H2,14,15,16). The van der Waals surface area contributed by atoms with Crippen LogP contribution in [0.2, 0.25) is 0 Å². The summed E-state index contributed by atoms with van der Waals surface area (Å²) in [6, 6.07) is 0. The molecular weight excluding hydrogens is 282 g/mol. The zero-order chi connectivity index (χ0) is 15.6. The minimum Gasteiger partial charge on any atom is -0.382 e. The van der Waals surface area contributed by atoms with Gasteiger partial charge < -0.3 is 14.2 Å².